The van der Waals surface area contributed by atoms with Gasteiger partial charge in [0.05, 0.1) is 11.6 Å². The third-order valence-corrected chi connectivity index (χ3v) is 7.08. The van der Waals surface area contributed by atoms with Crippen LogP contribution in [0.15, 0.2) is 29.0 Å². The molecule has 1 aromatic carbocycles. The van der Waals surface area contributed by atoms with Crippen LogP contribution in [0.5, 0.6) is 5.75 Å². The van der Waals surface area contributed by atoms with E-state index in [2.05, 4.69) is 0 Å². The number of rotatable bonds is 3. The SMILES string of the molecule is CCc1ccc(O)c2c1C[C@H]1C[C@H]3C(N(C)C)C(=O)C(C(N)=O)=C(O)[C@@]3(O)C(=O)C1=C2O. The molecule has 9 heteroatoms. The smallest absolute Gasteiger partial charge is 0.255 e. The standard InChI is InChI=1S/C23H26N2O7/c1-4-9-5-6-13(26)15-11(9)7-10-8-12-17(25(2)3)19(28)16(22(24)31)21(30)23(12,32)20(29)14(10)18(15)27/h5-6,10,12,17,26-27,30,32H,4,7-8H2,1-3H3,(H2,24,31)/t10-,12-,17?,23-/m0/s1. The van der Waals surface area contributed by atoms with Crippen LogP contribution in [0.3, 0.4) is 0 Å². The van der Waals surface area contributed by atoms with E-state index < -0.39 is 58.0 Å². The van der Waals surface area contributed by atoms with Crippen LogP contribution in [0.2, 0.25) is 0 Å². The molecular formula is C23H26N2O7. The second kappa shape index (κ2) is 7.18. The second-order valence-electron chi connectivity index (χ2n) is 8.91. The van der Waals surface area contributed by atoms with Gasteiger partial charge in [0, 0.05) is 11.5 Å². The molecule has 0 aromatic heterocycles. The van der Waals surface area contributed by atoms with Crippen LogP contribution < -0.4 is 5.73 Å². The van der Waals surface area contributed by atoms with Crippen molar-refractivity contribution in [3.05, 3.63) is 45.7 Å². The number of aliphatic hydroxyl groups excluding tert-OH is 2. The minimum atomic E-state index is -2.61. The van der Waals surface area contributed by atoms with Crippen LogP contribution in [-0.4, -0.2) is 68.5 Å². The van der Waals surface area contributed by atoms with Crippen molar-refractivity contribution in [1.29, 1.82) is 0 Å². The van der Waals surface area contributed by atoms with Gasteiger partial charge in [0.2, 0.25) is 5.78 Å². The Morgan fingerprint density at radius 1 is 1.22 bits per heavy atom. The maximum absolute atomic E-state index is 13.6. The van der Waals surface area contributed by atoms with Crippen molar-refractivity contribution in [2.75, 3.05) is 14.1 Å². The molecule has 6 N–H and O–H groups in total. The summed E-state index contributed by atoms with van der Waals surface area (Å²) in [4.78, 5) is 40.1. The summed E-state index contributed by atoms with van der Waals surface area (Å²) in [5, 5.41) is 43.7. The Hall–Kier alpha value is -3.17. The minimum absolute atomic E-state index is 0.0879. The largest absolute Gasteiger partial charge is 0.508 e. The van der Waals surface area contributed by atoms with Gasteiger partial charge >= 0.3 is 0 Å². The highest BCUT2D eigenvalue weighted by atomic mass is 16.3. The number of phenols is 1. The van der Waals surface area contributed by atoms with Crippen molar-refractivity contribution < 1.29 is 34.8 Å². The number of fused-ring (bicyclic) bond motifs is 3. The van der Waals surface area contributed by atoms with Gasteiger partial charge in [0.25, 0.3) is 5.91 Å². The lowest BCUT2D eigenvalue weighted by atomic mass is 9.57. The Morgan fingerprint density at radius 2 is 1.88 bits per heavy atom. The van der Waals surface area contributed by atoms with Crippen LogP contribution in [-0.2, 0) is 27.2 Å². The Kier molecular flexibility index (Phi) is 4.94. The lowest BCUT2D eigenvalue weighted by Crippen LogP contribution is -2.65. The van der Waals surface area contributed by atoms with Crippen molar-refractivity contribution in [1.82, 2.24) is 4.90 Å². The number of phenolic OH excluding ortho intramolecular Hbond substituents is 1. The molecule has 3 aliphatic rings. The van der Waals surface area contributed by atoms with Gasteiger partial charge in [-0.15, -0.1) is 0 Å². The van der Waals surface area contributed by atoms with E-state index in [-0.39, 0.29) is 23.3 Å². The number of carbonyl (C=O) groups is 3. The summed E-state index contributed by atoms with van der Waals surface area (Å²) in [5.41, 5.74) is 3.47. The molecule has 9 nitrogen and oxygen atoms in total. The zero-order valence-electron chi connectivity index (χ0n) is 18.0. The highest BCUT2D eigenvalue weighted by Crippen LogP contribution is 2.52. The summed E-state index contributed by atoms with van der Waals surface area (Å²) in [7, 11) is 3.14. The fourth-order valence-corrected chi connectivity index (χ4v) is 5.64. The zero-order chi connectivity index (χ0) is 23.7. The van der Waals surface area contributed by atoms with Crippen LogP contribution >= 0.6 is 0 Å². The number of ketones is 2. The van der Waals surface area contributed by atoms with E-state index in [1.54, 1.807) is 20.2 Å². The van der Waals surface area contributed by atoms with Crippen molar-refractivity contribution in [3.8, 4) is 5.75 Å². The number of primary amides is 1. The van der Waals surface area contributed by atoms with Crippen LogP contribution in [0, 0.1) is 11.8 Å². The molecule has 1 fully saturated rings. The van der Waals surface area contributed by atoms with Crippen molar-refractivity contribution in [3.63, 3.8) is 0 Å². The predicted octanol–water partition coefficient (Wildman–Crippen LogP) is 0.526. The maximum atomic E-state index is 13.6. The Balaban J connectivity index is 1.99. The summed E-state index contributed by atoms with van der Waals surface area (Å²) >= 11 is 0. The van der Waals surface area contributed by atoms with Crippen molar-refractivity contribution >= 4 is 23.2 Å². The molecule has 0 spiro atoms. The molecule has 0 heterocycles. The molecule has 170 valence electrons. The number of nitrogens with two attached hydrogens (primary N) is 1. The molecule has 4 rings (SSSR count). The molecule has 1 unspecified atom stereocenters. The molecule has 4 atom stereocenters. The molecule has 1 aromatic rings. The van der Waals surface area contributed by atoms with Crippen LogP contribution in [0.25, 0.3) is 5.76 Å². The molecule has 0 radical (unpaired) electrons. The number of hydrogen-bond acceptors (Lipinski definition) is 8. The number of hydrogen-bond donors (Lipinski definition) is 5. The molecule has 1 amide bonds. The fourth-order valence-electron chi connectivity index (χ4n) is 5.64. The van der Waals surface area contributed by atoms with Crippen molar-refractivity contribution in [2.45, 2.75) is 37.8 Å². The highest BCUT2D eigenvalue weighted by molar-refractivity contribution is 6.24. The molecule has 0 bridgehead atoms. The Morgan fingerprint density at radius 3 is 2.44 bits per heavy atom. The zero-order valence-corrected chi connectivity index (χ0v) is 18.0. The summed E-state index contributed by atoms with van der Waals surface area (Å²) < 4.78 is 0. The van der Waals surface area contributed by atoms with E-state index in [4.69, 9.17) is 5.73 Å². The number of benzene rings is 1. The molecule has 3 aliphatic carbocycles. The highest BCUT2D eigenvalue weighted by Gasteiger charge is 2.64. The first-order valence-electron chi connectivity index (χ1n) is 10.4. The van der Waals surface area contributed by atoms with Gasteiger partial charge < -0.3 is 26.2 Å². The third-order valence-electron chi connectivity index (χ3n) is 7.08. The van der Waals surface area contributed by atoms with E-state index in [0.29, 0.717) is 18.4 Å². The average Bonchev–Trinajstić information content (AvgIpc) is 2.70. The van der Waals surface area contributed by atoms with Crippen molar-refractivity contribution in [2.24, 2.45) is 17.6 Å². The third kappa shape index (κ3) is 2.67. The lowest BCUT2D eigenvalue weighted by Gasteiger charge is -2.50. The first-order chi connectivity index (χ1) is 15.0. The molecule has 0 aliphatic heterocycles. The number of likely N-dealkylation sites (N-methyl/N-ethyl adjacent to an activating group) is 1. The molecule has 0 saturated heterocycles. The molecule has 32 heavy (non-hydrogen) atoms. The van der Waals surface area contributed by atoms with Crippen LogP contribution in [0.4, 0.5) is 0 Å². The van der Waals surface area contributed by atoms with Gasteiger partial charge in [-0.2, -0.15) is 0 Å². The Bertz CT molecular complexity index is 1130. The number of aromatic hydroxyl groups is 1. The van der Waals surface area contributed by atoms with E-state index in [0.717, 1.165) is 5.56 Å². The van der Waals surface area contributed by atoms with Gasteiger partial charge in [-0.1, -0.05) is 13.0 Å². The summed E-state index contributed by atoms with van der Waals surface area (Å²) in [6.45, 7) is 1.93. The predicted molar refractivity (Wildman–Crippen MR) is 114 cm³/mol. The van der Waals surface area contributed by atoms with E-state index in [1.165, 1.54) is 11.0 Å². The molecular weight excluding hydrogens is 416 g/mol. The maximum Gasteiger partial charge on any atom is 0.255 e. The van der Waals surface area contributed by atoms with Gasteiger partial charge in [-0.25, -0.2) is 0 Å². The monoisotopic (exact) mass is 442 g/mol. The topological polar surface area (TPSA) is 161 Å². The van der Waals surface area contributed by atoms with E-state index >= 15 is 0 Å². The van der Waals surface area contributed by atoms with E-state index in [9.17, 15) is 34.8 Å². The number of aryl methyl sites for hydroxylation is 1. The first kappa shape index (κ1) is 22.0. The van der Waals surface area contributed by atoms with Gasteiger partial charge in [-0.3, -0.25) is 19.3 Å². The minimum Gasteiger partial charge on any atom is -0.508 e. The summed E-state index contributed by atoms with van der Waals surface area (Å²) in [5.74, 6) is -6.38. The van der Waals surface area contributed by atoms with Gasteiger partial charge in [0.15, 0.2) is 11.4 Å². The quantitative estimate of drug-likeness (QED) is 0.424. The normalized spacial score (nSPS) is 29.7. The first-order valence-corrected chi connectivity index (χ1v) is 10.4. The number of amides is 1. The second-order valence-corrected chi connectivity index (χ2v) is 8.91. The van der Waals surface area contributed by atoms with Crippen LogP contribution in [0.1, 0.15) is 30.0 Å². The number of nitrogens with zero attached hydrogens (tertiary/aromatic N) is 1. The number of aliphatic hydroxyl groups is 3. The van der Waals surface area contributed by atoms with Gasteiger partial charge in [0.1, 0.15) is 22.8 Å². The number of carbonyl (C=O) groups excluding carboxylic acids is 3. The molecule has 1 saturated carbocycles. The fraction of sp³-hybridized carbons (Fsp3) is 0.435. The Labute approximate surface area is 184 Å². The average molecular weight is 442 g/mol. The number of Topliss-reactive ketones (excluding diaryl/α,β-unsaturated/α-hetero) is 2. The van der Waals surface area contributed by atoms with E-state index in [1.807, 2.05) is 6.92 Å². The lowest BCUT2D eigenvalue weighted by molar-refractivity contribution is -0.153. The summed E-state index contributed by atoms with van der Waals surface area (Å²) in [6.07, 6.45) is 1.04. The summed E-state index contributed by atoms with van der Waals surface area (Å²) in [6, 6.07) is 2.11. The van der Waals surface area contributed by atoms with Gasteiger partial charge in [-0.05, 0) is 56.5 Å².